The summed E-state index contributed by atoms with van der Waals surface area (Å²) in [6.07, 6.45) is 2.01. The van der Waals surface area contributed by atoms with Gasteiger partial charge in [0.2, 0.25) is 10.0 Å². The Kier molecular flexibility index (Phi) is 5.52. The van der Waals surface area contributed by atoms with Crippen LogP contribution < -0.4 is 4.72 Å². The average Bonchev–Trinajstić information content (AvgIpc) is 2.43. The second-order valence-electron chi connectivity index (χ2n) is 6.01. The first kappa shape index (κ1) is 17.4. The number of rotatable bonds is 4. The van der Waals surface area contributed by atoms with E-state index in [9.17, 15) is 8.42 Å². The van der Waals surface area contributed by atoms with E-state index in [0.717, 1.165) is 30.4 Å². The van der Waals surface area contributed by atoms with Crippen molar-refractivity contribution >= 4 is 41.9 Å². The molecule has 0 unspecified atom stereocenters. The fourth-order valence-corrected chi connectivity index (χ4v) is 5.06. The van der Waals surface area contributed by atoms with E-state index in [0.29, 0.717) is 11.0 Å². The van der Waals surface area contributed by atoms with Gasteiger partial charge in [-0.1, -0.05) is 22.9 Å². The summed E-state index contributed by atoms with van der Waals surface area (Å²) in [6.45, 7) is 4.65. The molecule has 0 saturated carbocycles. The zero-order valence-electron chi connectivity index (χ0n) is 12.2. The van der Waals surface area contributed by atoms with Crippen LogP contribution in [0.15, 0.2) is 32.0 Å². The van der Waals surface area contributed by atoms with Crippen LogP contribution >= 0.6 is 31.9 Å². The summed E-state index contributed by atoms with van der Waals surface area (Å²) < 4.78 is 29.1. The zero-order valence-corrected chi connectivity index (χ0v) is 16.2. The summed E-state index contributed by atoms with van der Waals surface area (Å²) in [7, 11) is -1.41. The Morgan fingerprint density at radius 2 is 1.90 bits per heavy atom. The highest BCUT2D eigenvalue weighted by Crippen LogP contribution is 2.31. The topological polar surface area (TPSA) is 49.4 Å². The van der Waals surface area contributed by atoms with Gasteiger partial charge in [0.15, 0.2) is 0 Å². The second-order valence-corrected chi connectivity index (χ2v) is 9.52. The number of hydrogen-bond acceptors (Lipinski definition) is 3. The van der Waals surface area contributed by atoms with Crippen LogP contribution in [-0.2, 0) is 10.0 Å². The Morgan fingerprint density at radius 1 is 1.29 bits per heavy atom. The van der Waals surface area contributed by atoms with Crippen LogP contribution in [0.5, 0.6) is 0 Å². The minimum Gasteiger partial charge on any atom is -0.306 e. The van der Waals surface area contributed by atoms with Gasteiger partial charge in [-0.05, 0) is 72.5 Å². The van der Waals surface area contributed by atoms with E-state index in [1.807, 2.05) is 0 Å². The molecular formula is C14H20Br2N2O2S. The number of nitrogens with zero attached hydrogens (tertiary/aromatic N) is 1. The van der Waals surface area contributed by atoms with Gasteiger partial charge < -0.3 is 4.90 Å². The Balaban J connectivity index is 2.09. The van der Waals surface area contributed by atoms with Crippen LogP contribution in [-0.4, -0.2) is 40.0 Å². The van der Waals surface area contributed by atoms with E-state index >= 15 is 0 Å². The number of likely N-dealkylation sites (tertiary alicyclic amines) is 1. The predicted molar refractivity (Wildman–Crippen MR) is 91.9 cm³/mol. The third-order valence-corrected chi connectivity index (χ3v) is 6.95. The first-order chi connectivity index (χ1) is 9.72. The minimum absolute atomic E-state index is 0.0259. The van der Waals surface area contributed by atoms with Crippen LogP contribution in [0.2, 0.25) is 0 Å². The fraction of sp³-hybridized carbons (Fsp3) is 0.571. The number of nitrogens with one attached hydrogen (secondary N) is 1. The van der Waals surface area contributed by atoms with Gasteiger partial charge in [0.25, 0.3) is 0 Å². The van der Waals surface area contributed by atoms with Crippen LogP contribution in [0.3, 0.4) is 0 Å². The lowest BCUT2D eigenvalue weighted by molar-refractivity contribution is 0.143. The molecule has 1 heterocycles. The second kappa shape index (κ2) is 6.66. The van der Waals surface area contributed by atoms with Gasteiger partial charge in [-0.2, -0.15) is 0 Å². The van der Waals surface area contributed by atoms with Gasteiger partial charge in [-0.25, -0.2) is 13.1 Å². The van der Waals surface area contributed by atoms with E-state index in [4.69, 9.17) is 0 Å². The van der Waals surface area contributed by atoms with Crippen molar-refractivity contribution in [1.82, 2.24) is 9.62 Å². The van der Waals surface area contributed by atoms with Crippen LogP contribution in [0.1, 0.15) is 19.8 Å². The van der Waals surface area contributed by atoms with E-state index in [1.165, 1.54) is 0 Å². The molecule has 1 fully saturated rings. The van der Waals surface area contributed by atoms with Crippen molar-refractivity contribution in [3.63, 3.8) is 0 Å². The molecule has 0 amide bonds. The van der Waals surface area contributed by atoms with Crippen molar-refractivity contribution in [3.8, 4) is 0 Å². The molecule has 118 valence electrons. The molecule has 1 saturated heterocycles. The van der Waals surface area contributed by atoms with E-state index in [2.05, 4.69) is 55.5 Å². The van der Waals surface area contributed by atoms with Gasteiger partial charge in [-0.15, -0.1) is 0 Å². The molecular weight excluding hydrogens is 420 g/mol. The summed E-state index contributed by atoms with van der Waals surface area (Å²) >= 11 is 6.62. The molecule has 0 radical (unpaired) electrons. The molecule has 1 aromatic carbocycles. The smallest absolute Gasteiger partial charge is 0.241 e. The van der Waals surface area contributed by atoms with Crippen LogP contribution in [0, 0.1) is 5.41 Å². The minimum atomic E-state index is -3.50. The molecule has 1 aliphatic heterocycles. The van der Waals surface area contributed by atoms with Gasteiger partial charge in [0.05, 0.1) is 4.90 Å². The lowest BCUT2D eigenvalue weighted by Gasteiger charge is -2.37. The number of halogens is 2. The maximum atomic E-state index is 12.5. The zero-order chi connectivity index (χ0) is 15.7. The summed E-state index contributed by atoms with van der Waals surface area (Å²) in [6, 6.07) is 5.15. The molecule has 21 heavy (non-hydrogen) atoms. The van der Waals surface area contributed by atoms with Gasteiger partial charge in [-0.3, -0.25) is 0 Å². The van der Waals surface area contributed by atoms with Crippen molar-refractivity contribution in [2.45, 2.75) is 24.7 Å². The van der Waals surface area contributed by atoms with Crippen molar-refractivity contribution in [2.75, 3.05) is 26.7 Å². The fourth-order valence-electron chi connectivity index (χ4n) is 2.37. The summed E-state index contributed by atoms with van der Waals surface area (Å²) in [5.74, 6) is 0. The molecule has 0 aliphatic carbocycles. The molecule has 0 spiro atoms. The molecule has 1 aromatic rings. The van der Waals surface area contributed by atoms with Crippen molar-refractivity contribution in [2.24, 2.45) is 5.41 Å². The first-order valence-electron chi connectivity index (χ1n) is 6.85. The molecule has 4 nitrogen and oxygen atoms in total. The van der Waals surface area contributed by atoms with Crippen molar-refractivity contribution in [3.05, 3.63) is 27.1 Å². The Morgan fingerprint density at radius 3 is 2.52 bits per heavy atom. The standard InChI is InChI=1S/C14H20Br2N2O2S/c1-14(5-7-18(2)8-6-14)10-17-21(19,20)13-9-11(15)3-4-12(13)16/h3-4,9,17H,5-8,10H2,1-2H3. The number of benzene rings is 1. The van der Waals surface area contributed by atoms with Crippen LogP contribution in [0.25, 0.3) is 0 Å². The largest absolute Gasteiger partial charge is 0.306 e. The third kappa shape index (κ3) is 4.51. The van der Waals surface area contributed by atoms with Gasteiger partial charge in [0.1, 0.15) is 0 Å². The number of sulfonamides is 1. The Bertz CT molecular complexity index is 611. The lowest BCUT2D eigenvalue weighted by atomic mass is 9.81. The maximum absolute atomic E-state index is 12.5. The molecule has 0 atom stereocenters. The van der Waals surface area contributed by atoms with Crippen molar-refractivity contribution < 1.29 is 8.42 Å². The molecule has 1 N–H and O–H groups in total. The highest BCUT2D eigenvalue weighted by atomic mass is 79.9. The third-order valence-electron chi connectivity index (χ3n) is 4.07. The molecule has 7 heteroatoms. The summed E-state index contributed by atoms with van der Waals surface area (Å²) in [5, 5.41) is 0. The molecule has 0 bridgehead atoms. The highest BCUT2D eigenvalue weighted by Gasteiger charge is 2.30. The molecule has 2 rings (SSSR count). The average molecular weight is 440 g/mol. The van der Waals surface area contributed by atoms with Crippen LogP contribution in [0.4, 0.5) is 0 Å². The van der Waals surface area contributed by atoms with E-state index in [1.54, 1.807) is 18.2 Å². The lowest BCUT2D eigenvalue weighted by Crippen LogP contribution is -2.43. The summed E-state index contributed by atoms with van der Waals surface area (Å²) in [5.41, 5.74) is 0.0259. The SMILES string of the molecule is CN1CCC(C)(CNS(=O)(=O)c2cc(Br)ccc2Br)CC1. The van der Waals surface area contributed by atoms with Crippen molar-refractivity contribution in [1.29, 1.82) is 0 Å². The normalized spacial score (nSPS) is 19.6. The highest BCUT2D eigenvalue weighted by molar-refractivity contribution is 9.11. The Labute approximate surface area is 143 Å². The molecule has 0 aromatic heterocycles. The predicted octanol–water partition coefficient (Wildman–Crippen LogP) is 3.22. The first-order valence-corrected chi connectivity index (χ1v) is 9.92. The molecule has 1 aliphatic rings. The van der Waals surface area contributed by atoms with Gasteiger partial charge in [0, 0.05) is 15.5 Å². The number of hydrogen-bond donors (Lipinski definition) is 1. The monoisotopic (exact) mass is 438 g/mol. The Hall–Kier alpha value is 0.0500. The summed E-state index contributed by atoms with van der Waals surface area (Å²) in [4.78, 5) is 2.55. The quantitative estimate of drug-likeness (QED) is 0.783. The van der Waals surface area contributed by atoms with Gasteiger partial charge >= 0.3 is 0 Å². The number of piperidine rings is 1. The van der Waals surface area contributed by atoms with E-state index in [-0.39, 0.29) is 10.3 Å². The maximum Gasteiger partial charge on any atom is 0.241 e. The van der Waals surface area contributed by atoms with E-state index < -0.39 is 10.0 Å².